The molecule has 0 saturated carbocycles. The van der Waals surface area contributed by atoms with Gasteiger partial charge in [0.05, 0.1) is 6.54 Å². The van der Waals surface area contributed by atoms with Crippen LogP contribution in [-0.2, 0) is 6.54 Å². The number of likely N-dealkylation sites (N-methyl/N-ethyl adjacent to an activating group) is 1. The van der Waals surface area contributed by atoms with Crippen LogP contribution in [-0.4, -0.2) is 42.5 Å². The molecule has 2 N–H and O–H groups in total. The van der Waals surface area contributed by atoms with E-state index in [9.17, 15) is 4.79 Å². The summed E-state index contributed by atoms with van der Waals surface area (Å²) in [4.78, 5) is 15.4. The van der Waals surface area contributed by atoms with Crippen molar-refractivity contribution in [1.82, 2.24) is 9.80 Å². The van der Waals surface area contributed by atoms with Gasteiger partial charge in [0.25, 0.3) is 0 Å². The van der Waals surface area contributed by atoms with Gasteiger partial charge >= 0.3 is 6.03 Å². The lowest BCUT2D eigenvalue weighted by atomic mass is 10.1. The molecule has 1 aromatic carbocycles. The molecule has 0 spiro atoms. The van der Waals surface area contributed by atoms with Crippen LogP contribution in [0.5, 0.6) is 0 Å². The molecule has 1 fully saturated rings. The van der Waals surface area contributed by atoms with Gasteiger partial charge in [0.15, 0.2) is 0 Å². The van der Waals surface area contributed by atoms with E-state index in [1.807, 2.05) is 36.2 Å². The molecule has 0 aliphatic carbocycles. The molecular formula is C14H17N3O. The van der Waals surface area contributed by atoms with Crippen molar-refractivity contribution >= 4 is 6.03 Å². The standard InChI is InChI=1S/C14H17N3O/c1-16-8-9-17(14(16)18)11-13-5-2-4-12(10-13)6-3-7-15/h2,4-5,10H,7-9,11,15H2,1H3. The van der Waals surface area contributed by atoms with E-state index in [2.05, 4.69) is 11.8 Å². The number of amides is 2. The van der Waals surface area contributed by atoms with Crippen molar-refractivity contribution in [1.29, 1.82) is 0 Å². The number of carbonyl (C=O) groups excluding carboxylic acids is 1. The van der Waals surface area contributed by atoms with Crippen molar-refractivity contribution in [2.45, 2.75) is 6.54 Å². The molecule has 0 bridgehead atoms. The summed E-state index contributed by atoms with van der Waals surface area (Å²) < 4.78 is 0. The first-order valence-electron chi connectivity index (χ1n) is 5.98. The lowest BCUT2D eigenvalue weighted by molar-refractivity contribution is 0.197. The Morgan fingerprint density at radius 2 is 2.22 bits per heavy atom. The van der Waals surface area contributed by atoms with Crippen LogP contribution < -0.4 is 5.73 Å². The lowest BCUT2D eigenvalue weighted by Gasteiger charge is -2.15. The van der Waals surface area contributed by atoms with Crippen LogP contribution in [0.3, 0.4) is 0 Å². The topological polar surface area (TPSA) is 49.6 Å². The molecule has 1 aliphatic rings. The van der Waals surface area contributed by atoms with E-state index in [0.29, 0.717) is 13.1 Å². The summed E-state index contributed by atoms with van der Waals surface area (Å²) in [5, 5.41) is 0. The molecule has 1 saturated heterocycles. The van der Waals surface area contributed by atoms with Crippen LogP contribution in [0.15, 0.2) is 24.3 Å². The van der Waals surface area contributed by atoms with Crippen LogP contribution in [0, 0.1) is 11.8 Å². The third kappa shape index (κ3) is 2.82. The Labute approximate surface area is 107 Å². The van der Waals surface area contributed by atoms with Crippen LogP contribution in [0.4, 0.5) is 4.79 Å². The predicted octanol–water partition coefficient (Wildman–Crippen LogP) is 0.864. The van der Waals surface area contributed by atoms with Crippen molar-refractivity contribution in [2.75, 3.05) is 26.7 Å². The van der Waals surface area contributed by atoms with Gasteiger partial charge in [-0.25, -0.2) is 4.79 Å². The molecule has 1 aromatic rings. The zero-order chi connectivity index (χ0) is 13.0. The predicted molar refractivity (Wildman–Crippen MR) is 70.8 cm³/mol. The first-order chi connectivity index (χ1) is 8.70. The number of urea groups is 1. The van der Waals surface area contributed by atoms with Gasteiger partial charge in [-0.15, -0.1) is 0 Å². The minimum Gasteiger partial charge on any atom is -0.326 e. The number of hydrogen-bond donors (Lipinski definition) is 1. The average Bonchev–Trinajstić information content (AvgIpc) is 2.69. The first-order valence-corrected chi connectivity index (χ1v) is 5.98. The monoisotopic (exact) mass is 243 g/mol. The van der Waals surface area contributed by atoms with Gasteiger partial charge < -0.3 is 15.5 Å². The Bertz CT molecular complexity index is 501. The van der Waals surface area contributed by atoms with Gasteiger partial charge in [0.2, 0.25) is 0 Å². The number of carbonyl (C=O) groups is 1. The number of hydrogen-bond acceptors (Lipinski definition) is 2. The van der Waals surface area contributed by atoms with Crippen molar-refractivity contribution in [3.05, 3.63) is 35.4 Å². The van der Waals surface area contributed by atoms with E-state index in [-0.39, 0.29) is 6.03 Å². The van der Waals surface area contributed by atoms with Crippen LogP contribution in [0.25, 0.3) is 0 Å². The molecule has 4 nitrogen and oxygen atoms in total. The van der Waals surface area contributed by atoms with Gasteiger partial charge in [-0.3, -0.25) is 0 Å². The first kappa shape index (κ1) is 12.5. The Balaban J connectivity index is 2.08. The van der Waals surface area contributed by atoms with E-state index in [0.717, 1.165) is 24.2 Å². The number of nitrogens with zero attached hydrogens (tertiary/aromatic N) is 2. The Kier molecular flexibility index (Phi) is 3.85. The second-order valence-electron chi connectivity index (χ2n) is 4.33. The SMILES string of the molecule is CN1CCN(Cc2cccc(C#CCN)c2)C1=O. The highest BCUT2D eigenvalue weighted by Crippen LogP contribution is 2.12. The van der Waals surface area contributed by atoms with Gasteiger partial charge in [-0.1, -0.05) is 24.0 Å². The zero-order valence-electron chi connectivity index (χ0n) is 10.5. The highest BCUT2D eigenvalue weighted by Gasteiger charge is 2.24. The van der Waals surface area contributed by atoms with E-state index in [1.165, 1.54) is 0 Å². The molecule has 1 aliphatic heterocycles. The molecule has 94 valence electrons. The minimum absolute atomic E-state index is 0.0912. The Morgan fingerprint density at radius 1 is 1.39 bits per heavy atom. The summed E-state index contributed by atoms with van der Waals surface area (Å²) >= 11 is 0. The van der Waals surface area contributed by atoms with Gasteiger partial charge in [0, 0.05) is 32.2 Å². The normalized spacial score (nSPS) is 14.7. The fourth-order valence-corrected chi connectivity index (χ4v) is 1.97. The third-order valence-electron chi connectivity index (χ3n) is 2.94. The van der Waals surface area contributed by atoms with Crippen LogP contribution >= 0.6 is 0 Å². The molecule has 2 amide bonds. The maximum Gasteiger partial charge on any atom is 0.320 e. The van der Waals surface area contributed by atoms with Crippen molar-refractivity contribution in [3.8, 4) is 11.8 Å². The highest BCUT2D eigenvalue weighted by atomic mass is 16.2. The molecule has 0 unspecified atom stereocenters. The summed E-state index contributed by atoms with van der Waals surface area (Å²) in [7, 11) is 1.82. The summed E-state index contributed by atoms with van der Waals surface area (Å²) in [5.41, 5.74) is 7.39. The van der Waals surface area contributed by atoms with Crippen molar-refractivity contribution in [2.24, 2.45) is 5.73 Å². The summed E-state index contributed by atoms with van der Waals surface area (Å²) in [5.74, 6) is 5.83. The zero-order valence-corrected chi connectivity index (χ0v) is 10.5. The van der Waals surface area contributed by atoms with Crippen molar-refractivity contribution in [3.63, 3.8) is 0 Å². The molecule has 0 radical (unpaired) electrons. The van der Waals surface area contributed by atoms with E-state index in [1.54, 1.807) is 4.90 Å². The molecule has 1 heterocycles. The third-order valence-corrected chi connectivity index (χ3v) is 2.94. The lowest BCUT2D eigenvalue weighted by Crippen LogP contribution is -2.28. The van der Waals surface area contributed by atoms with Crippen LogP contribution in [0.1, 0.15) is 11.1 Å². The maximum atomic E-state index is 11.8. The van der Waals surface area contributed by atoms with Crippen LogP contribution in [0.2, 0.25) is 0 Å². The van der Waals surface area contributed by atoms with E-state index < -0.39 is 0 Å². The Morgan fingerprint density at radius 3 is 2.89 bits per heavy atom. The van der Waals surface area contributed by atoms with E-state index >= 15 is 0 Å². The minimum atomic E-state index is 0.0912. The highest BCUT2D eigenvalue weighted by molar-refractivity contribution is 5.76. The van der Waals surface area contributed by atoms with Crippen molar-refractivity contribution < 1.29 is 4.79 Å². The largest absolute Gasteiger partial charge is 0.326 e. The molecule has 4 heteroatoms. The second kappa shape index (κ2) is 5.56. The second-order valence-corrected chi connectivity index (χ2v) is 4.33. The number of benzene rings is 1. The molecule has 18 heavy (non-hydrogen) atoms. The van der Waals surface area contributed by atoms with Gasteiger partial charge in [-0.05, 0) is 17.7 Å². The smallest absolute Gasteiger partial charge is 0.320 e. The van der Waals surface area contributed by atoms with Gasteiger partial charge in [-0.2, -0.15) is 0 Å². The van der Waals surface area contributed by atoms with E-state index in [4.69, 9.17) is 5.73 Å². The molecule has 0 atom stereocenters. The number of nitrogens with two attached hydrogens (primary N) is 1. The Hall–Kier alpha value is -1.99. The summed E-state index contributed by atoms with van der Waals surface area (Å²) in [6.07, 6.45) is 0. The average molecular weight is 243 g/mol. The fraction of sp³-hybridized carbons (Fsp3) is 0.357. The molecule has 0 aromatic heterocycles. The number of rotatable bonds is 2. The quantitative estimate of drug-likeness (QED) is 0.783. The molecular weight excluding hydrogens is 226 g/mol. The summed E-state index contributed by atoms with van der Waals surface area (Å²) in [6, 6.07) is 8.02. The summed E-state index contributed by atoms with van der Waals surface area (Å²) in [6.45, 7) is 2.58. The molecule has 2 rings (SSSR count). The van der Waals surface area contributed by atoms with Gasteiger partial charge in [0.1, 0.15) is 0 Å². The maximum absolute atomic E-state index is 11.8. The fourth-order valence-electron chi connectivity index (χ4n) is 1.97.